The highest BCUT2D eigenvalue weighted by atomic mass is 32.1. The average Bonchev–Trinajstić information content (AvgIpc) is 2.97. The third kappa shape index (κ3) is 6.16. The van der Waals surface area contributed by atoms with Crippen LogP contribution in [0.2, 0.25) is 0 Å². The molecule has 6 N–H and O–H groups in total. The maximum atomic E-state index is 11.8. The number of aromatic carboxylic acids is 1. The SMILES string of the molecule is Nc1ccccc1N.O=C(O)c1ccc(CNC(=O)C(F)(F)F)s1. The summed E-state index contributed by atoms with van der Waals surface area (Å²) < 4.78 is 35.3. The molecule has 0 radical (unpaired) electrons. The number of carbonyl (C=O) groups is 2. The Balaban J connectivity index is 0.000000300. The van der Waals surface area contributed by atoms with Gasteiger partial charge in [0.25, 0.3) is 0 Å². The van der Waals surface area contributed by atoms with Gasteiger partial charge in [-0.2, -0.15) is 13.2 Å². The Kier molecular flexibility index (Phi) is 6.59. The lowest BCUT2D eigenvalue weighted by Crippen LogP contribution is -2.36. The number of thiophene rings is 1. The van der Waals surface area contributed by atoms with Crippen molar-refractivity contribution in [2.45, 2.75) is 12.7 Å². The number of amides is 1. The summed E-state index contributed by atoms with van der Waals surface area (Å²) in [7, 11) is 0. The molecular weight excluding hydrogens is 347 g/mol. The molecule has 1 aromatic carbocycles. The average molecular weight is 361 g/mol. The Morgan fingerprint density at radius 1 is 1.08 bits per heavy atom. The predicted octanol–water partition coefficient (Wildman–Crippen LogP) is 2.48. The second-order valence-electron chi connectivity index (χ2n) is 4.38. The number of carboxylic acids is 1. The van der Waals surface area contributed by atoms with Crippen molar-refractivity contribution >= 4 is 34.6 Å². The fourth-order valence-corrected chi connectivity index (χ4v) is 2.15. The van der Waals surface area contributed by atoms with E-state index < -0.39 is 18.1 Å². The molecule has 0 aliphatic carbocycles. The van der Waals surface area contributed by atoms with E-state index in [1.807, 2.05) is 12.1 Å². The number of anilines is 2. The van der Waals surface area contributed by atoms with Crippen LogP contribution in [-0.4, -0.2) is 23.2 Å². The smallest absolute Gasteiger partial charge is 0.471 e. The Morgan fingerprint density at radius 3 is 2.00 bits per heavy atom. The van der Waals surface area contributed by atoms with Crippen LogP contribution in [0.4, 0.5) is 24.5 Å². The maximum Gasteiger partial charge on any atom is 0.471 e. The predicted molar refractivity (Wildman–Crippen MR) is 84.4 cm³/mol. The normalized spacial score (nSPS) is 10.5. The summed E-state index contributed by atoms with van der Waals surface area (Å²) >= 11 is 0.812. The molecule has 6 nitrogen and oxygen atoms in total. The largest absolute Gasteiger partial charge is 0.477 e. The van der Waals surface area contributed by atoms with Gasteiger partial charge in [0.2, 0.25) is 0 Å². The number of halogens is 3. The minimum absolute atomic E-state index is 0.0104. The van der Waals surface area contributed by atoms with Crippen LogP contribution in [0.3, 0.4) is 0 Å². The topological polar surface area (TPSA) is 118 Å². The van der Waals surface area contributed by atoms with Crippen molar-refractivity contribution in [1.29, 1.82) is 0 Å². The molecule has 24 heavy (non-hydrogen) atoms. The zero-order chi connectivity index (χ0) is 18.3. The number of benzene rings is 1. The molecule has 0 saturated carbocycles. The van der Waals surface area contributed by atoms with E-state index in [1.165, 1.54) is 12.1 Å². The fourth-order valence-electron chi connectivity index (χ4n) is 1.37. The molecule has 0 spiro atoms. The summed E-state index contributed by atoms with van der Waals surface area (Å²) in [6.45, 7) is -0.337. The van der Waals surface area contributed by atoms with Gasteiger partial charge in [-0.1, -0.05) is 12.1 Å². The summed E-state index contributed by atoms with van der Waals surface area (Å²) in [6.07, 6.45) is -4.92. The lowest BCUT2D eigenvalue weighted by molar-refractivity contribution is -0.173. The molecule has 130 valence electrons. The second-order valence-corrected chi connectivity index (χ2v) is 5.55. The molecule has 1 aromatic heterocycles. The molecule has 0 saturated heterocycles. The number of carbonyl (C=O) groups excluding carboxylic acids is 1. The number of alkyl halides is 3. The first kappa shape index (κ1) is 19.3. The molecule has 0 atom stereocenters. The highest BCUT2D eigenvalue weighted by Crippen LogP contribution is 2.18. The first-order chi connectivity index (χ1) is 11.1. The van der Waals surface area contributed by atoms with E-state index >= 15 is 0 Å². The van der Waals surface area contributed by atoms with E-state index in [4.69, 9.17) is 16.6 Å². The van der Waals surface area contributed by atoms with Gasteiger partial charge in [-0.3, -0.25) is 4.79 Å². The van der Waals surface area contributed by atoms with Crippen molar-refractivity contribution in [2.24, 2.45) is 0 Å². The van der Waals surface area contributed by atoms with Crippen molar-refractivity contribution in [3.63, 3.8) is 0 Å². The van der Waals surface area contributed by atoms with E-state index in [2.05, 4.69) is 0 Å². The number of hydrogen-bond donors (Lipinski definition) is 4. The number of nitrogen functional groups attached to an aromatic ring is 2. The van der Waals surface area contributed by atoms with Crippen LogP contribution in [0.15, 0.2) is 36.4 Å². The van der Waals surface area contributed by atoms with Crippen LogP contribution in [-0.2, 0) is 11.3 Å². The standard InChI is InChI=1S/C8H6F3NO3S.C6H8N2/c9-8(10,11)7(15)12-3-4-1-2-5(16-4)6(13)14;7-5-3-1-2-4-6(5)8/h1-2H,3H2,(H,12,15)(H,13,14);1-4H,7-8H2. The third-order valence-corrected chi connectivity index (χ3v) is 3.62. The minimum Gasteiger partial charge on any atom is -0.477 e. The van der Waals surface area contributed by atoms with Gasteiger partial charge >= 0.3 is 18.1 Å². The molecule has 0 fully saturated rings. The van der Waals surface area contributed by atoms with Gasteiger partial charge in [0.1, 0.15) is 4.88 Å². The minimum atomic E-state index is -4.92. The van der Waals surface area contributed by atoms with Crippen molar-refractivity contribution < 1.29 is 27.9 Å². The summed E-state index contributed by atoms with van der Waals surface area (Å²) in [4.78, 5) is 21.2. The van der Waals surface area contributed by atoms with Gasteiger partial charge in [0.15, 0.2) is 0 Å². The van der Waals surface area contributed by atoms with Gasteiger partial charge in [-0.25, -0.2) is 4.79 Å². The number of nitrogens with one attached hydrogen (secondary N) is 1. The zero-order valence-electron chi connectivity index (χ0n) is 12.1. The Morgan fingerprint density at radius 2 is 1.62 bits per heavy atom. The van der Waals surface area contributed by atoms with Gasteiger partial charge in [-0.15, -0.1) is 11.3 Å². The highest BCUT2D eigenvalue weighted by molar-refractivity contribution is 7.13. The lowest BCUT2D eigenvalue weighted by atomic mass is 10.3. The van der Waals surface area contributed by atoms with E-state index in [0.29, 0.717) is 16.3 Å². The first-order valence-corrected chi connectivity index (χ1v) is 7.20. The molecule has 0 aliphatic heterocycles. The van der Waals surface area contributed by atoms with Crippen LogP contribution in [0.5, 0.6) is 0 Å². The van der Waals surface area contributed by atoms with Crippen LogP contribution < -0.4 is 16.8 Å². The number of hydrogen-bond acceptors (Lipinski definition) is 5. The summed E-state index contributed by atoms with van der Waals surface area (Å²) in [6, 6.07) is 9.87. The number of carboxylic acid groups (broad SMARTS) is 1. The molecule has 2 rings (SSSR count). The summed E-state index contributed by atoms with van der Waals surface area (Å²) in [5.41, 5.74) is 12.1. The lowest BCUT2D eigenvalue weighted by Gasteiger charge is -2.05. The van der Waals surface area contributed by atoms with Crippen LogP contribution in [0.25, 0.3) is 0 Å². The molecule has 0 unspecified atom stereocenters. The van der Waals surface area contributed by atoms with Crippen LogP contribution in [0, 0.1) is 0 Å². The van der Waals surface area contributed by atoms with Crippen molar-refractivity contribution in [1.82, 2.24) is 5.32 Å². The highest BCUT2D eigenvalue weighted by Gasteiger charge is 2.38. The van der Waals surface area contributed by atoms with E-state index in [9.17, 15) is 22.8 Å². The van der Waals surface area contributed by atoms with Crippen LogP contribution in [0.1, 0.15) is 14.5 Å². The molecule has 0 bridgehead atoms. The fraction of sp³-hybridized carbons (Fsp3) is 0.143. The molecule has 10 heteroatoms. The number of rotatable bonds is 3. The van der Waals surface area contributed by atoms with Gasteiger partial charge in [0.05, 0.1) is 17.9 Å². The molecule has 1 amide bonds. The van der Waals surface area contributed by atoms with Crippen molar-refractivity contribution in [3.8, 4) is 0 Å². The maximum absolute atomic E-state index is 11.8. The van der Waals surface area contributed by atoms with Gasteiger partial charge < -0.3 is 21.9 Å². The number of nitrogens with two attached hydrogens (primary N) is 2. The van der Waals surface area contributed by atoms with Crippen molar-refractivity contribution in [3.05, 3.63) is 46.2 Å². The van der Waals surface area contributed by atoms with Gasteiger partial charge in [0, 0.05) is 4.88 Å². The molecule has 2 aromatic rings. The second kappa shape index (κ2) is 8.20. The van der Waals surface area contributed by atoms with Gasteiger partial charge in [-0.05, 0) is 24.3 Å². The molecule has 1 heterocycles. The summed E-state index contributed by atoms with van der Waals surface area (Å²) in [5, 5.41) is 10.2. The molecular formula is C14H14F3N3O3S. The van der Waals surface area contributed by atoms with E-state index in [-0.39, 0.29) is 11.4 Å². The summed E-state index contributed by atoms with van der Waals surface area (Å²) in [5.74, 6) is -3.20. The first-order valence-electron chi connectivity index (χ1n) is 6.38. The van der Waals surface area contributed by atoms with Crippen LogP contribution >= 0.6 is 11.3 Å². The van der Waals surface area contributed by atoms with E-state index in [0.717, 1.165) is 11.3 Å². The Bertz CT molecular complexity index is 696. The van der Waals surface area contributed by atoms with E-state index in [1.54, 1.807) is 17.4 Å². The third-order valence-electron chi connectivity index (χ3n) is 2.55. The Labute approximate surface area is 138 Å². The zero-order valence-corrected chi connectivity index (χ0v) is 12.9. The molecule has 0 aliphatic rings. The quantitative estimate of drug-likeness (QED) is 0.626. The number of para-hydroxylation sites is 2. The Hall–Kier alpha value is -2.75. The monoisotopic (exact) mass is 361 g/mol. The van der Waals surface area contributed by atoms with Crippen molar-refractivity contribution in [2.75, 3.05) is 11.5 Å².